The van der Waals surface area contributed by atoms with Gasteiger partial charge in [0, 0.05) is 30.9 Å². The van der Waals surface area contributed by atoms with Gasteiger partial charge in [-0.1, -0.05) is 19.1 Å². The largest absolute Gasteiger partial charge is 0.497 e. The lowest BCUT2D eigenvalue weighted by molar-refractivity contribution is 0.0602. The molecule has 6 nitrogen and oxygen atoms in total. The highest BCUT2D eigenvalue weighted by atomic mass is 16.5. The molecule has 1 saturated heterocycles. The number of hydrogen-bond donors (Lipinski definition) is 1. The molecule has 1 fully saturated rings. The van der Waals surface area contributed by atoms with Gasteiger partial charge < -0.3 is 15.0 Å². The monoisotopic (exact) mass is 381 g/mol. The minimum absolute atomic E-state index is 0.0867. The number of nitrogens with zero attached hydrogens (tertiary/aromatic N) is 2. The van der Waals surface area contributed by atoms with E-state index in [1.54, 1.807) is 19.2 Å². The molecule has 0 saturated carbocycles. The third-order valence-corrected chi connectivity index (χ3v) is 5.21. The summed E-state index contributed by atoms with van der Waals surface area (Å²) in [6, 6.07) is 11.0. The Bertz CT molecular complexity index is 820. The summed E-state index contributed by atoms with van der Waals surface area (Å²) in [5.41, 5.74) is 1.74. The molecule has 6 heteroatoms. The molecule has 0 spiro atoms. The van der Waals surface area contributed by atoms with Crippen molar-refractivity contribution < 1.29 is 14.3 Å². The maximum Gasteiger partial charge on any atom is 0.272 e. The van der Waals surface area contributed by atoms with Crippen LogP contribution in [0.2, 0.25) is 0 Å². The van der Waals surface area contributed by atoms with Crippen LogP contribution in [0.25, 0.3) is 0 Å². The van der Waals surface area contributed by atoms with E-state index in [0.29, 0.717) is 17.8 Å². The molecule has 2 amide bonds. The van der Waals surface area contributed by atoms with Crippen LogP contribution in [0.15, 0.2) is 42.6 Å². The van der Waals surface area contributed by atoms with E-state index in [9.17, 15) is 9.59 Å². The van der Waals surface area contributed by atoms with Crippen LogP contribution in [0, 0.1) is 0 Å². The Morgan fingerprint density at radius 2 is 2.00 bits per heavy atom. The smallest absolute Gasteiger partial charge is 0.272 e. The van der Waals surface area contributed by atoms with E-state index in [4.69, 9.17) is 4.74 Å². The number of carbonyl (C=O) groups excluding carboxylic acids is 2. The van der Waals surface area contributed by atoms with Crippen molar-refractivity contribution in [1.29, 1.82) is 0 Å². The molecular weight excluding hydrogens is 354 g/mol. The Balaban J connectivity index is 1.66. The number of hydrogen-bond acceptors (Lipinski definition) is 4. The van der Waals surface area contributed by atoms with Crippen LogP contribution in [0.1, 0.15) is 59.0 Å². The van der Waals surface area contributed by atoms with Gasteiger partial charge in [-0.25, -0.2) is 0 Å². The second-order valence-corrected chi connectivity index (χ2v) is 7.02. The summed E-state index contributed by atoms with van der Waals surface area (Å²) < 4.78 is 5.14. The molecule has 3 rings (SSSR count). The van der Waals surface area contributed by atoms with E-state index in [1.165, 1.54) is 6.20 Å². The maximum absolute atomic E-state index is 12.9. The first kappa shape index (κ1) is 19.9. The van der Waals surface area contributed by atoms with Crippen molar-refractivity contribution in [2.24, 2.45) is 0 Å². The van der Waals surface area contributed by atoms with E-state index in [1.807, 2.05) is 29.2 Å². The number of likely N-dealkylation sites (tertiary alicyclic amines) is 1. The fourth-order valence-corrected chi connectivity index (χ4v) is 3.56. The van der Waals surface area contributed by atoms with Crippen molar-refractivity contribution in [3.8, 4) is 5.75 Å². The third kappa shape index (κ3) is 4.68. The van der Waals surface area contributed by atoms with Crippen molar-refractivity contribution in [1.82, 2.24) is 15.2 Å². The molecule has 0 radical (unpaired) electrons. The number of benzene rings is 1. The van der Waals surface area contributed by atoms with Crippen molar-refractivity contribution >= 4 is 11.8 Å². The Morgan fingerprint density at radius 3 is 2.71 bits per heavy atom. The van der Waals surface area contributed by atoms with Crippen LogP contribution in [0.5, 0.6) is 5.75 Å². The summed E-state index contributed by atoms with van der Waals surface area (Å²) in [7, 11) is 1.62. The molecule has 2 heterocycles. The number of piperidine rings is 1. The zero-order valence-electron chi connectivity index (χ0n) is 16.5. The number of nitrogens with one attached hydrogen (secondary N) is 1. The average molecular weight is 381 g/mol. The first-order chi connectivity index (χ1) is 13.6. The summed E-state index contributed by atoms with van der Waals surface area (Å²) in [4.78, 5) is 31.6. The average Bonchev–Trinajstić information content (AvgIpc) is 2.77. The molecule has 1 aromatic heterocycles. The van der Waals surface area contributed by atoms with Gasteiger partial charge in [-0.15, -0.1) is 0 Å². The van der Waals surface area contributed by atoms with Gasteiger partial charge in [0.15, 0.2) is 0 Å². The number of ether oxygens (including phenoxy) is 1. The SMILES string of the molecule is CCC1CCCCN1C(=O)c1cc(C(=O)NCc2ccc(OC)cc2)ccn1. The minimum atomic E-state index is -0.224. The molecule has 0 bridgehead atoms. The minimum Gasteiger partial charge on any atom is -0.497 e. The van der Waals surface area contributed by atoms with E-state index < -0.39 is 0 Å². The fraction of sp³-hybridized carbons (Fsp3) is 0.409. The van der Waals surface area contributed by atoms with E-state index in [-0.39, 0.29) is 17.9 Å². The highest BCUT2D eigenvalue weighted by Crippen LogP contribution is 2.21. The first-order valence-corrected chi connectivity index (χ1v) is 9.80. The Hall–Kier alpha value is -2.89. The molecule has 1 aliphatic rings. The summed E-state index contributed by atoms with van der Waals surface area (Å²) in [5, 5.41) is 2.89. The van der Waals surface area contributed by atoms with Crippen LogP contribution in [0.4, 0.5) is 0 Å². The third-order valence-electron chi connectivity index (χ3n) is 5.21. The van der Waals surface area contributed by atoms with Gasteiger partial charge in [-0.2, -0.15) is 0 Å². The van der Waals surface area contributed by atoms with Crippen LogP contribution < -0.4 is 10.1 Å². The number of rotatable bonds is 6. The van der Waals surface area contributed by atoms with Crippen LogP contribution >= 0.6 is 0 Å². The normalized spacial score (nSPS) is 16.5. The van der Waals surface area contributed by atoms with Crippen LogP contribution in [-0.4, -0.2) is 41.4 Å². The summed E-state index contributed by atoms with van der Waals surface area (Å²) in [5.74, 6) is 0.463. The van der Waals surface area contributed by atoms with Gasteiger partial charge in [-0.05, 0) is 55.5 Å². The molecule has 148 valence electrons. The molecular formula is C22H27N3O3. The van der Waals surface area contributed by atoms with E-state index in [0.717, 1.165) is 43.5 Å². The summed E-state index contributed by atoms with van der Waals surface area (Å²) >= 11 is 0. The van der Waals surface area contributed by atoms with Crippen molar-refractivity contribution in [2.45, 2.75) is 45.2 Å². The van der Waals surface area contributed by atoms with Gasteiger partial charge in [0.25, 0.3) is 11.8 Å². The lowest BCUT2D eigenvalue weighted by atomic mass is 9.99. The molecule has 1 atom stereocenters. The van der Waals surface area contributed by atoms with Gasteiger partial charge in [-0.3, -0.25) is 14.6 Å². The number of aromatic nitrogens is 1. The molecule has 1 aliphatic heterocycles. The molecule has 0 aliphatic carbocycles. The van der Waals surface area contributed by atoms with E-state index in [2.05, 4.69) is 17.2 Å². The number of pyridine rings is 1. The quantitative estimate of drug-likeness (QED) is 0.832. The van der Waals surface area contributed by atoms with Crippen LogP contribution in [0.3, 0.4) is 0 Å². The predicted octanol–water partition coefficient (Wildman–Crippen LogP) is 3.42. The molecule has 1 unspecified atom stereocenters. The molecule has 2 aromatic rings. The predicted molar refractivity (Wildman–Crippen MR) is 107 cm³/mol. The van der Waals surface area contributed by atoms with Crippen LogP contribution in [-0.2, 0) is 6.54 Å². The standard InChI is InChI=1S/C22H27N3O3/c1-3-18-6-4-5-13-25(18)22(27)20-14-17(11-12-23-20)21(26)24-15-16-7-9-19(28-2)10-8-16/h7-12,14,18H,3-6,13,15H2,1-2H3,(H,24,26). The Kier molecular flexibility index (Phi) is 6.63. The fourth-order valence-electron chi connectivity index (χ4n) is 3.56. The molecule has 1 N–H and O–H groups in total. The zero-order valence-corrected chi connectivity index (χ0v) is 16.5. The first-order valence-electron chi connectivity index (χ1n) is 9.80. The second-order valence-electron chi connectivity index (χ2n) is 7.02. The lowest BCUT2D eigenvalue weighted by Crippen LogP contribution is -2.43. The second kappa shape index (κ2) is 9.35. The maximum atomic E-state index is 12.9. The zero-order chi connectivity index (χ0) is 19.9. The molecule has 1 aromatic carbocycles. The van der Waals surface area contributed by atoms with Crippen molar-refractivity contribution in [3.05, 3.63) is 59.4 Å². The molecule has 28 heavy (non-hydrogen) atoms. The van der Waals surface area contributed by atoms with Gasteiger partial charge in [0.1, 0.15) is 11.4 Å². The number of amides is 2. The summed E-state index contributed by atoms with van der Waals surface area (Å²) in [6.45, 7) is 3.26. The van der Waals surface area contributed by atoms with Crippen molar-refractivity contribution in [2.75, 3.05) is 13.7 Å². The van der Waals surface area contributed by atoms with Gasteiger partial charge >= 0.3 is 0 Å². The van der Waals surface area contributed by atoms with Gasteiger partial charge in [0.05, 0.1) is 7.11 Å². The number of carbonyl (C=O) groups is 2. The van der Waals surface area contributed by atoms with E-state index >= 15 is 0 Å². The van der Waals surface area contributed by atoms with Crippen molar-refractivity contribution in [3.63, 3.8) is 0 Å². The lowest BCUT2D eigenvalue weighted by Gasteiger charge is -2.35. The summed E-state index contributed by atoms with van der Waals surface area (Å²) in [6.07, 6.45) is 5.67. The van der Waals surface area contributed by atoms with Gasteiger partial charge in [0.2, 0.25) is 0 Å². The highest BCUT2D eigenvalue weighted by molar-refractivity contribution is 5.98. The topological polar surface area (TPSA) is 71.5 Å². The number of methoxy groups -OCH3 is 1. The Labute approximate surface area is 165 Å². The highest BCUT2D eigenvalue weighted by Gasteiger charge is 2.27. The Morgan fingerprint density at radius 1 is 1.21 bits per heavy atom.